The van der Waals surface area contributed by atoms with Gasteiger partial charge in [0.15, 0.2) is 0 Å². The first kappa shape index (κ1) is 16.8. The monoisotopic (exact) mass is 290 g/mol. The smallest absolute Gasteiger partial charge is 0.0519 e. The van der Waals surface area contributed by atoms with Gasteiger partial charge in [-0.1, -0.05) is 52.3 Å². The number of allylic oxidation sites excluding steroid dienone is 1. The third-order valence-corrected chi connectivity index (χ3v) is 6.84. The van der Waals surface area contributed by atoms with Crippen LogP contribution in [0.5, 0.6) is 0 Å². The fraction of sp³-hybridized carbons (Fsp3) is 0.800. The molecule has 2 fully saturated rings. The van der Waals surface area contributed by atoms with Gasteiger partial charge in [-0.25, -0.2) is 0 Å². The van der Waals surface area contributed by atoms with Crippen molar-refractivity contribution in [3.63, 3.8) is 0 Å². The number of hydrogen-bond acceptors (Lipinski definition) is 1. The van der Waals surface area contributed by atoms with Gasteiger partial charge in [0.2, 0.25) is 0 Å². The van der Waals surface area contributed by atoms with E-state index in [2.05, 4.69) is 40.9 Å². The van der Waals surface area contributed by atoms with Crippen LogP contribution in [0.3, 0.4) is 0 Å². The molecule has 0 amide bonds. The lowest BCUT2D eigenvalue weighted by Crippen LogP contribution is -2.50. The lowest BCUT2D eigenvalue weighted by molar-refractivity contribution is -0.0632. The summed E-state index contributed by atoms with van der Waals surface area (Å²) in [6.45, 7) is 18.1. The fourth-order valence-electron chi connectivity index (χ4n) is 5.33. The van der Waals surface area contributed by atoms with E-state index < -0.39 is 0 Å². The molecule has 1 N–H and O–H groups in total. The van der Waals surface area contributed by atoms with Crippen molar-refractivity contribution in [1.29, 1.82) is 0 Å². The molecule has 0 bridgehead atoms. The van der Waals surface area contributed by atoms with Gasteiger partial charge in [0.05, 0.1) is 6.61 Å². The zero-order valence-corrected chi connectivity index (χ0v) is 14.5. The van der Waals surface area contributed by atoms with Gasteiger partial charge in [0, 0.05) is 5.41 Å². The quantitative estimate of drug-likeness (QED) is 0.691. The maximum Gasteiger partial charge on any atom is 0.0519 e. The lowest BCUT2D eigenvalue weighted by atomic mass is 9.46. The van der Waals surface area contributed by atoms with Gasteiger partial charge < -0.3 is 5.11 Å². The van der Waals surface area contributed by atoms with Gasteiger partial charge in [-0.2, -0.15) is 0 Å². The second-order valence-electron chi connectivity index (χ2n) is 8.87. The molecule has 2 aliphatic rings. The average Bonchev–Trinajstić information content (AvgIpc) is 2.42. The first-order valence-corrected chi connectivity index (χ1v) is 8.61. The van der Waals surface area contributed by atoms with Gasteiger partial charge >= 0.3 is 0 Å². The van der Waals surface area contributed by atoms with Crippen molar-refractivity contribution < 1.29 is 5.11 Å². The largest absolute Gasteiger partial charge is 0.395 e. The number of aliphatic hydroxyl groups excluding tert-OH is 1. The summed E-state index contributed by atoms with van der Waals surface area (Å²) in [7, 11) is 0. The van der Waals surface area contributed by atoms with Gasteiger partial charge in [-0.3, -0.25) is 0 Å². The molecule has 0 aliphatic heterocycles. The Morgan fingerprint density at radius 2 is 2.00 bits per heavy atom. The number of fused-ring (bicyclic) bond motifs is 1. The van der Waals surface area contributed by atoms with Crippen molar-refractivity contribution in [2.24, 2.45) is 28.1 Å². The Labute approximate surface area is 131 Å². The van der Waals surface area contributed by atoms with E-state index in [0.717, 1.165) is 18.8 Å². The Morgan fingerprint density at radius 1 is 1.33 bits per heavy atom. The standard InChI is InChI=1S/C20H34O/c1-7-19(5,14-21)13-16-15(2)9-10-17-18(3,4)11-8-12-20(16,17)6/h7,16-17,21H,1-2,8-14H2,3-6H3. The van der Waals surface area contributed by atoms with E-state index in [1.165, 1.54) is 31.3 Å². The van der Waals surface area contributed by atoms with Crippen LogP contribution in [-0.4, -0.2) is 11.7 Å². The third kappa shape index (κ3) is 2.86. The summed E-state index contributed by atoms with van der Waals surface area (Å²) in [5.41, 5.74) is 2.01. The molecule has 0 saturated heterocycles. The van der Waals surface area contributed by atoms with E-state index >= 15 is 0 Å². The Bertz CT molecular complexity index is 422. The van der Waals surface area contributed by atoms with E-state index in [9.17, 15) is 5.11 Å². The zero-order valence-electron chi connectivity index (χ0n) is 14.5. The van der Waals surface area contributed by atoms with Crippen LogP contribution < -0.4 is 0 Å². The molecule has 4 atom stereocenters. The molecule has 21 heavy (non-hydrogen) atoms. The summed E-state index contributed by atoms with van der Waals surface area (Å²) in [6.07, 6.45) is 9.38. The Kier molecular flexibility index (Phi) is 4.46. The highest BCUT2D eigenvalue weighted by molar-refractivity contribution is 5.17. The fourth-order valence-corrected chi connectivity index (χ4v) is 5.33. The number of aliphatic hydroxyl groups is 1. The van der Waals surface area contributed by atoms with Crippen molar-refractivity contribution in [1.82, 2.24) is 0 Å². The summed E-state index contributed by atoms with van der Waals surface area (Å²) in [5, 5.41) is 9.78. The molecule has 2 rings (SSSR count). The van der Waals surface area contributed by atoms with E-state index in [1.807, 2.05) is 6.08 Å². The topological polar surface area (TPSA) is 20.2 Å². The van der Waals surface area contributed by atoms with Gasteiger partial charge in [0.1, 0.15) is 0 Å². The van der Waals surface area contributed by atoms with Gasteiger partial charge in [-0.05, 0) is 54.8 Å². The van der Waals surface area contributed by atoms with Gasteiger partial charge in [0.25, 0.3) is 0 Å². The van der Waals surface area contributed by atoms with Crippen LogP contribution in [0.25, 0.3) is 0 Å². The first-order valence-electron chi connectivity index (χ1n) is 8.61. The molecule has 0 aromatic carbocycles. The molecule has 120 valence electrons. The van der Waals surface area contributed by atoms with E-state index in [-0.39, 0.29) is 12.0 Å². The third-order valence-electron chi connectivity index (χ3n) is 6.84. The molecule has 2 aliphatic carbocycles. The molecular formula is C20H34O. The highest BCUT2D eigenvalue weighted by Crippen LogP contribution is 2.62. The normalized spacial score (nSPS) is 38.4. The molecule has 4 unspecified atom stereocenters. The van der Waals surface area contributed by atoms with Crippen LogP contribution in [0.2, 0.25) is 0 Å². The predicted octanol–water partition coefficient (Wildman–Crippen LogP) is 5.36. The van der Waals surface area contributed by atoms with Crippen LogP contribution in [0, 0.1) is 28.1 Å². The Morgan fingerprint density at radius 3 is 2.57 bits per heavy atom. The molecule has 2 saturated carbocycles. The predicted molar refractivity (Wildman–Crippen MR) is 91.1 cm³/mol. The molecule has 0 radical (unpaired) electrons. The molecule has 1 heteroatoms. The van der Waals surface area contributed by atoms with Crippen molar-refractivity contribution in [3.05, 3.63) is 24.8 Å². The van der Waals surface area contributed by atoms with Gasteiger partial charge in [-0.15, -0.1) is 6.58 Å². The van der Waals surface area contributed by atoms with Crippen molar-refractivity contribution in [2.75, 3.05) is 6.61 Å². The molecule has 0 heterocycles. The Hall–Kier alpha value is -0.560. The highest BCUT2D eigenvalue weighted by Gasteiger charge is 2.53. The van der Waals surface area contributed by atoms with E-state index in [0.29, 0.717) is 16.7 Å². The van der Waals surface area contributed by atoms with Crippen LogP contribution in [0.15, 0.2) is 24.8 Å². The van der Waals surface area contributed by atoms with Crippen LogP contribution in [0.4, 0.5) is 0 Å². The summed E-state index contributed by atoms with van der Waals surface area (Å²) in [4.78, 5) is 0. The zero-order chi connectivity index (χ0) is 15.9. The lowest BCUT2D eigenvalue weighted by Gasteiger charge is -2.59. The Balaban J connectivity index is 2.34. The molecule has 0 aromatic heterocycles. The molecular weight excluding hydrogens is 256 g/mol. The summed E-state index contributed by atoms with van der Waals surface area (Å²) >= 11 is 0. The molecule has 0 spiro atoms. The summed E-state index contributed by atoms with van der Waals surface area (Å²) < 4.78 is 0. The minimum atomic E-state index is -0.180. The minimum Gasteiger partial charge on any atom is -0.395 e. The minimum absolute atomic E-state index is 0.180. The number of hydrogen-bond donors (Lipinski definition) is 1. The maximum absolute atomic E-state index is 9.78. The highest BCUT2D eigenvalue weighted by atomic mass is 16.3. The van der Waals surface area contributed by atoms with Crippen LogP contribution >= 0.6 is 0 Å². The molecule has 0 aromatic rings. The number of rotatable bonds is 4. The van der Waals surface area contributed by atoms with E-state index in [1.54, 1.807) is 0 Å². The second kappa shape index (κ2) is 5.57. The maximum atomic E-state index is 9.78. The SMILES string of the molecule is C=CC(C)(CO)CC1C(=C)CCC2C(C)(C)CCCC12C. The van der Waals surface area contributed by atoms with Crippen molar-refractivity contribution in [2.45, 2.75) is 66.2 Å². The second-order valence-corrected chi connectivity index (χ2v) is 8.87. The first-order chi connectivity index (χ1) is 9.68. The van der Waals surface area contributed by atoms with E-state index in [4.69, 9.17) is 0 Å². The average molecular weight is 290 g/mol. The van der Waals surface area contributed by atoms with Crippen LogP contribution in [0.1, 0.15) is 66.2 Å². The van der Waals surface area contributed by atoms with Crippen molar-refractivity contribution >= 4 is 0 Å². The van der Waals surface area contributed by atoms with Crippen molar-refractivity contribution in [3.8, 4) is 0 Å². The summed E-state index contributed by atoms with van der Waals surface area (Å²) in [5.74, 6) is 1.30. The molecule has 1 nitrogen and oxygen atoms in total. The summed E-state index contributed by atoms with van der Waals surface area (Å²) in [6, 6.07) is 0. The van der Waals surface area contributed by atoms with Crippen LogP contribution in [-0.2, 0) is 0 Å².